The molecule has 1 aliphatic rings. The molecule has 0 amide bonds. The lowest BCUT2D eigenvalue weighted by Crippen LogP contribution is -2.46. The number of nitrogens with two attached hydrogens (primary N) is 1. The Morgan fingerprint density at radius 1 is 1.23 bits per heavy atom. The van der Waals surface area contributed by atoms with E-state index in [0.29, 0.717) is 17.1 Å². The number of rotatable bonds is 3. The normalized spacial score (nSPS) is 25.6. The predicted molar refractivity (Wildman–Crippen MR) is 97.9 cm³/mol. The van der Waals surface area contributed by atoms with Crippen LogP contribution < -0.4 is 16.5 Å². The second kappa shape index (κ2) is 7.58. The third kappa shape index (κ3) is 4.44. The van der Waals surface area contributed by atoms with Gasteiger partial charge in [0.1, 0.15) is 0 Å². The molecule has 0 unspecified atom stereocenters. The van der Waals surface area contributed by atoms with Gasteiger partial charge in [-0.3, -0.25) is 5.43 Å². The zero-order chi connectivity index (χ0) is 16.1. The van der Waals surface area contributed by atoms with Crippen LogP contribution in [0, 0.1) is 11.8 Å². The number of nitrogens with zero attached hydrogens (tertiary/aromatic N) is 1. The maximum atomic E-state index is 5.69. The number of thiocarbonyl (C=S) groups is 1. The lowest BCUT2D eigenvalue weighted by Gasteiger charge is -2.35. The van der Waals surface area contributed by atoms with Crippen LogP contribution in [0.1, 0.15) is 45.6 Å². The second-order valence-corrected chi connectivity index (χ2v) is 6.69. The summed E-state index contributed by atoms with van der Waals surface area (Å²) in [5.74, 6) is 1.38. The first kappa shape index (κ1) is 16.7. The van der Waals surface area contributed by atoms with Gasteiger partial charge < -0.3 is 11.1 Å². The molecular weight excluding hydrogens is 292 g/mol. The van der Waals surface area contributed by atoms with Crippen molar-refractivity contribution < 1.29 is 0 Å². The molecule has 4 N–H and O–H groups in total. The minimum absolute atomic E-state index is 0.441. The zero-order valence-electron chi connectivity index (χ0n) is 13.6. The van der Waals surface area contributed by atoms with Gasteiger partial charge in [-0.15, -0.1) is 0 Å². The molecule has 120 valence electrons. The monoisotopic (exact) mass is 318 g/mol. The number of hydrogen-bond donors (Lipinski definition) is 3. The zero-order valence-corrected chi connectivity index (χ0v) is 14.4. The number of anilines is 1. The minimum atomic E-state index is 0.441. The van der Waals surface area contributed by atoms with Crippen molar-refractivity contribution in [3.8, 4) is 0 Å². The van der Waals surface area contributed by atoms with E-state index in [9.17, 15) is 0 Å². The molecule has 0 spiro atoms. The molecule has 1 saturated carbocycles. The first-order chi connectivity index (χ1) is 10.5. The summed E-state index contributed by atoms with van der Waals surface area (Å²) in [7, 11) is 0. The van der Waals surface area contributed by atoms with Crippen molar-refractivity contribution in [3.63, 3.8) is 0 Å². The highest BCUT2D eigenvalue weighted by Crippen LogP contribution is 2.29. The van der Waals surface area contributed by atoms with Crippen LogP contribution in [-0.4, -0.2) is 16.9 Å². The quantitative estimate of drug-likeness (QED) is 0.346. The molecule has 3 atom stereocenters. The fourth-order valence-corrected chi connectivity index (χ4v) is 3.11. The number of nitrogen functional groups attached to an aromatic ring is 1. The van der Waals surface area contributed by atoms with Gasteiger partial charge in [-0.25, -0.2) is 0 Å². The second-order valence-electron chi connectivity index (χ2n) is 6.28. The lowest BCUT2D eigenvalue weighted by atomic mass is 9.78. The number of hydrazone groups is 1. The maximum absolute atomic E-state index is 5.69. The van der Waals surface area contributed by atoms with E-state index >= 15 is 0 Å². The highest BCUT2D eigenvalue weighted by Gasteiger charge is 2.27. The molecule has 22 heavy (non-hydrogen) atoms. The van der Waals surface area contributed by atoms with Gasteiger partial charge in [0.15, 0.2) is 5.11 Å². The molecule has 1 fully saturated rings. The van der Waals surface area contributed by atoms with Crippen molar-refractivity contribution in [1.29, 1.82) is 0 Å². The van der Waals surface area contributed by atoms with Gasteiger partial charge in [0, 0.05) is 11.7 Å². The van der Waals surface area contributed by atoms with Crippen LogP contribution >= 0.6 is 12.2 Å². The Morgan fingerprint density at radius 3 is 2.59 bits per heavy atom. The largest absolute Gasteiger partial charge is 0.399 e. The first-order valence-electron chi connectivity index (χ1n) is 7.94. The Hall–Kier alpha value is -1.62. The summed E-state index contributed by atoms with van der Waals surface area (Å²) < 4.78 is 0. The van der Waals surface area contributed by atoms with Crippen LogP contribution in [0.4, 0.5) is 5.69 Å². The summed E-state index contributed by atoms with van der Waals surface area (Å²) in [6.07, 6.45) is 3.75. The Morgan fingerprint density at radius 2 is 1.91 bits per heavy atom. The third-order valence-electron chi connectivity index (χ3n) is 4.68. The number of hydrogen-bond acceptors (Lipinski definition) is 3. The maximum Gasteiger partial charge on any atom is 0.187 e. The molecule has 0 saturated heterocycles. The van der Waals surface area contributed by atoms with E-state index in [1.165, 1.54) is 19.3 Å². The summed E-state index contributed by atoms with van der Waals surface area (Å²) >= 11 is 5.37. The topological polar surface area (TPSA) is 62.4 Å². The molecule has 0 aromatic heterocycles. The van der Waals surface area contributed by atoms with Crippen molar-refractivity contribution in [1.82, 2.24) is 10.7 Å². The van der Waals surface area contributed by atoms with E-state index in [1.54, 1.807) is 0 Å². The van der Waals surface area contributed by atoms with Gasteiger partial charge in [-0.2, -0.15) is 5.10 Å². The van der Waals surface area contributed by atoms with E-state index in [-0.39, 0.29) is 0 Å². The van der Waals surface area contributed by atoms with Crippen molar-refractivity contribution in [2.45, 2.75) is 46.1 Å². The van der Waals surface area contributed by atoms with E-state index in [0.717, 1.165) is 22.9 Å². The van der Waals surface area contributed by atoms with Crippen LogP contribution in [-0.2, 0) is 0 Å². The van der Waals surface area contributed by atoms with E-state index < -0.39 is 0 Å². The Labute approximate surface area is 138 Å². The van der Waals surface area contributed by atoms with E-state index in [1.807, 2.05) is 31.2 Å². The molecule has 0 radical (unpaired) electrons. The Bertz CT molecular complexity index is 538. The van der Waals surface area contributed by atoms with Crippen molar-refractivity contribution in [2.24, 2.45) is 16.9 Å². The lowest BCUT2D eigenvalue weighted by molar-refractivity contribution is 0.224. The minimum Gasteiger partial charge on any atom is -0.399 e. The van der Waals surface area contributed by atoms with Crippen molar-refractivity contribution in [3.05, 3.63) is 29.8 Å². The number of benzene rings is 1. The first-order valence-corrected chi connectivity index (χ1v) is 8.35. The fourth-order valence-electron chi connectivity index (χ4n) is 2.91. The molecule has 1 aromatic rings. The van der Waals surface area contributed by atoms with Gasteiger partial charge in [0.2, 0.25) is 0 Å². The van der Waals surface area contributed by atoms with Crippen LogP contribution in [0.5, 0.6) is 0 Å². The molecular formula is C17H26N4S. The van der Waals surface area contributed by atoms with Gasteiger partial charge in [0.05, 0.1) is 5.71 Å². The molecule has 5 heteroatoms. The molecule has 0 bridgehead atoms. The van der Waals surface area contributed by atoms with Gasteiger partial charge in [-0.05, 0) is 55.1 Å². The SMILES string of the molecule is C/C(=N/NC(=S)N[C@@H]1CCC[C@H](C)[C@H]1C)c1ccc(N)cc1. The Kier molecular flexibility index (Phi) is 5.77. The van der Waals surface area contributed by atoms with E-state index in [2.05, 4.69) is 29.7 Å². The molecule has 1 aliphatic carbocycles. The summed E-state index contributed by atoms with van der Waals surface area (Å²) in [6.45, 7) is 6.57. The van der Waals surface area contributed by atoms with Crippen molar-refractivity contribution >= 4 is 28.7 Å². The standard InChI is InChI=1S/C17H26N4S/c1-11-5-4-6-16(12(11)2)19-17(22)21-20-13(3)14-7-9-15(18)10-8-14/h7-12,16H,4-6,18H2,1-3H3,(H2,19,21,22)/b20-13-/t11-,12+,16+/m0/s1. The molecule has 2 rings (SSSR count). The van der Waals surface area contributed by atoms with Gasteiger partial charge in [-0.1, -0.05) is 38.8 Å². The molecule has 1 aromatic carbocycles. The summed E-state index contributed by atoms with van der Waals surface area (Å²) in [6, 6.07) is 8.09. The van der Waals surface area contributed by atoms with Gasteiger partial charge >= 0.3 is 0 Å². The smallest absolute Gasteiger partial charge is 0.187 e. The summed E-state index contributed by atoms with van der Waals surface area (Å²) in [4.78, 5) is 0. The highest BCUT2D eigenvalue weighted by molar-refractivity contribution is 7.80. The fraction of sp³-hybridized carbons (Fsp3) is 0.529. The Balaban J connectivity index is 1.89. The van der Waals surface area contributed by atoms with E-state index in [4.69, 9.17) is 18.0 Å². The molecule has 0 heterocycles. The third-order valence-corrected chi connectivity index (χ3v) is 4.89. The van der Waals surface area contributed by atoms with Crippen LogP contribution in [0.15, 0.2) is 29.4 Å². The summed E-state index contributed by atoms with van der Waals surface area (Å²) in [5, 5.41) is 8.36. The molecule has 0 aliphatic heterocycles. The number of nitrogens with one attached hydrogen (secondary N) is 2. The van der Waals surface area contributed by atoms with Crippen LogP contribution in [0.25, 0.3) is 0 Å². The average Bonchev–Trinajstić information content (AvgIpc) is 2.50. The van der Waals surface area contributed by atoms with Crippen LogP contribution in [0.2, 0.25) is 0 Å². The molecule has 4 nitrogen and oxygen atoms in total. The van der Waals surface area contributed by atoms with Crippen molar-refractivity contribution in [2.75, 3.05) is 5.73 Å². The highest BCUT2D eigenvalue weighted by atomic mass is 32.1. The summed E-state index contributed by atoms with van der Waals surface area (Å²) in [5.41, 5.74) is 11.3. The predicted octanol–water partition coefficient (Wildman–Crippen LogP) is 3.28. The van der Waals surface area contributed by atoms with Gasteiger partial charge in [0.25, 0.3) is 0 Å². The van der Waals surface area contributed by atoms with Crippen LogP contribution in [0.3, 0.4) is 0 Å². The average molecular weight is 318 g/mol.